The van der Waals surface area contributed by atoms with E-state index in [1.807, 2.05) is 11.3 Å². The summed E-state index contributed by atoms with van der Waals surface area (Å²) in [5.41, 5.74) is 4.18. The van der Waals surface area contributed by atoms with E-state index in [2.05, 4.69) is 63.3 Å². The van der Waals surface area contributed by atoms with Gasteiger partial charge in [0.05, 0.1) is 0 Å². The summed E-state index contributed by atoms with van der Waals surface area (Å²) in [4.78, 5) is 2.99. The van der Waals surface area contributed by atoms with Crippen LogP contribution in [0.25, 0.3) is 0 Å². The smallest absolute Gasteiger partial charge is 0.0156 e. The van der Waals surface area contributed by atoms with Gasteiger partial charge in [-0.15, -0.1) is 11.3 Å². The lowest BCUT2D eigenvalue weighted by atomic mass is 9.99. The van der Waals surface area contributed by atoms with Crippen molar-refractivity contribution < 1.29 is 0 Å². The molecule has 0 aliphatic carbocycles. The van der Waals surface area contributed by atoms with E-state index in [1.54, 1.807) is 0 Å². The highest BCUT2D eigenvalue weighted by Gasteiger charge is 2.11. The Hall–Kier alpha value is -1.12. The molecule has 0 bridgehead atoms. The molecule has 0 aliphatic heterocycles. The Kier molecular flexibility index (Phi) is 6.01. The highest BCUT2D eigenvalue weighted by atomic mass is 32.1. The fourth-order valence-electron chi connectivity index (χ4n) is 2.94. The minimum atomic E-state index is 0.527. The Bertz CT molecular complexity index is 550. The number of nitrogens with one attached hydrogen (secondary N) is 1. The Labute approximate surface area is 133 Å². The van der Waals surface area contributed by atoms with Gasteiger partial charge in [0, 0.05) is 15.8 Å². The number of benzene rings is 1. The standard InChI is InChI=1S/C19H27NS/c1-5-18-7-8-19(21-18)13-17(20-6-2)12-16-10-14(3)9-15(4)11-16/h7-11,17,20H,5-6,12-13H2,1-4H3. The number of thiophene rings is 1. The molecular weight excluding hydrogens is 274 g/mol. The van der Waals surface area contributed by atoms with Crippen LogP contribution in [0.2, 0.25) is 0 Å². The molecule has 1 unspecified atom stereocenters. The van der Waals surface area contributed by atoms with Crippen LogP contribution in [0, 0.1) is 13.8 Å². The van der Waals surface area contributed by atoms with Gasteiger partial charge in [-0.1, -0.05) is 43.2 Å². The second-order valence-electron chi connectivity index (χ2n) is 5.88. The van der Waals surface area contributed by atoms with Crippen LogP contribution in [0.15, 0.2) is 30.3 Å². The normalized spacial score (nSPS) is 12.6. The molecular formula is C19H27NS. The van der Waals surface area contributed by atoms with E-state index in [0.29, 0.717) is 6.04 Å². The molecule has 0 spiro atoms. The summed E-state index contributed by atoms with van der Waals surface area (Å²) in [7, 11) is 0. The van der Waals surface area contributed by atoms with Gasteiger partial charge in [0.25, 0.3) is 0 Å². The van der Waals surface area contributed by atoms with Crippen LogP contribution in [0.1, 0.15) is 40.3 Å². The molecule has 114 valence electrons. The van der Waals surface area contributed by atoms with E-state index in [0.717, 1.165) is 25.8 Å². The molecule has 0 saturated heterocycles. The van der Waals surface area contributed by atoms with E-state index >= 15 is 0 Å². The summed E-state index contributed by atoms with van der Waals surface area (Å²) in [6.07, 6.45) is 3.38. The third-order valence-corrected chi connectivity index (χ3v) is 5.02. The van der Waals surface area contributed by atoms with Gasteiger partial charge in [-0.25, -0.2) is 0 Å². The van der Waals surface area contributed by atoms with Crippen LogP contribution in [-0.4, -0.2) is 12.6 Å². The van der Waals surface area contributed by atoms with Crippen molar-refractivity contribution in [3.63, 3.8) is 0 Å². The Morgan fingerprint density at radius 2 is 1.62 bits per heavy atom. The zero-order valence-corrected chi connectivity index (χ0v) is 14.5. The number of hydrogen-bond donors (Lipinski definition) is 1. The lowest BCUT2D eigenvalue weighted by molar-refractivity contribution is 0.524. The van der Waals surface area contributed by atoms with Gasteiger partial charge in [-0.3, -0.25) is 0 Å². The highest BCUT2D eigenvalue weighted by Crippen LogP contribution is 2.20. The maximum Gasteiger partial charge on any atom is 0.0156 e. The SMILES string of the molecule is CCNC(Cc1cc(C)cc(C)c1)Cc1ccc(CC)s1. The average molecular weight is 301 g/mol. The van der Waals surface area contributed by atoms with Crippen LogP contribution in [0.3, 0.4) is 0 Å². The van der Waals surface area contributed by atoms with Crippen molar-refractivity contribution in [1.29, 1.82) is 0 Å². The molecule has 1 heterocycles. The molecule has 0 amide bonds. The predicted octanol–water partition coefficient (Wildman–Crippen LogP) is 4.69. The number of likely N-dealkylation sites (N-methyl/N-ethyl adjacent to an activating group) is 1. The van der Waals surface area contributed by atoms with Gasteiger partial charge in [-0.2, -0.15) is 0 Å². The summed E-state index contributed by atoms with van der Waals surface area (Å²) >= 11 is 1.96. The second-order valence-corrected chi connectivity index (χ2v) is 7.13. The molecule has 1 aromatic carbocycles. The zero-order chi connectivity index (χ0) is 15.2. The van der Waals surface area contributed by atoms with Crippen molar-refractivity contribution in [2.45, 2.75) is 53.0 Å². The zero-order valence-electron chi connectivity index (χ0n) is 13.7. The van der Waals surface area contributed by atoms with E-state index in [9.17, 15) is 0 Å². The van der Waals surface area contributed by atoms with E-state index in [1.165, 1.54) is 26.4 Å². The van der Waals surface area contributed by atoms with Gasteiger partial charge in [0.1, 0.15) is 0 Å². The van der Waals surface area contributed by atoms with Crippen molar-refractivity contribution in [1.82, 2.24) is 5.32 Å². The molecule has 0 radical (unpaired) electrons. The quantitative estimate of drug-likeness (QED) is 0.782. The largest absolute Gasteiger partial charge is 0.314 e. The van der Waals surface area contributed by atoms with Crippen LogP contribution in [0.5, 0.6) is 0 Å². The van der Waals surface area contributed by atoms with E-state index in [4.69, 9.17) is 0 Å². The summed E-state index contributed by atoms with van der Waals surface area (Å²) < 4.78 is 0. The van der Waals surface area contributed by atoms with Crippen molar-refractivity contribution in [3.8, 4) is 0 Å². The van der Waals surface area contributed by atoms with Crippen molar-refractivity contribution >= 4 is 11.3 Å². The molecule has 2 rings (SSSR count). The van der Waals surface area contributed by atoms with E-state index < -0.39 is 0 Å². The average Bonchev–Trinajstić information content (AvgIpc) is 2.85. The summed E-state index contributed by atoms with van der Waals surface area (Å²) in [5.74, 6) is 0. The maximum atomic E-state index is 3.65. The minimum absolute atomic E-state index is 0.527. The molecule has 0 fully saturated rings. The van der Waals surface area contributed by atoms with Crippen LogP contribution < -0.4 is 5.32 Å². The molecule has 1 nitrogen and oxygen atoms in total. The molecule has 1 atom stereocenters. The van der Waals surface area contributed by atoms with Crippen molar-refractivity contribution in [2.24, 2.45) is 0 Å². The van der Waals surface area contributed by atoms with Crippen LogP contribution >= 0.6 is 11.3 Å². The highest BCUT2D eigenvalue weighted by molar-refractivity contribution is 7.11. The summed E-state index contributed by atoms with van der Waals surface area (Å²) in [6, 6.07) is 12.0. The topological polar surface area (TPSA) is 12.0 Å². The van der Waals surface area contributed by atoms with Gasteiger partial charge in [0.15, 0.2) is 0 Å². The fraction of sp³-hybridized carbons (Fsp3) is 0.474. The lowest BCUT2D eigenvalue weighted by Gasteiger charge is -2.18. The molecule has 0 aliphatic rings. The van der Waals surface area contributed by atoms with Gasteiger partial charge < -0.3 is 5.32 Å². The first-order chi connectivity index (χ1) is 10.1. The first-order valence-corrected chi connectivity index (χ1v) is 8.80. The van der Waals surface area contributed by atoms with Crippen LogP contribution in [-0.2, 0) is 19.3 Å². The number of rotatable bonds is 7. The van der Waals surface area contributed by atoms with Crippen LogP contribution in [0.4, 0.5) is 0 Å². The maximum absolute atomic E-state index is 3.65. The Balaban J connectivity index is 2.07. The number of aryl methyl sites for hydroxylation is 3. The Morgan fingerprint density at radius 3 is 2.19 bits per heavy atom. The fourth-order valence-corrected chi connectivity index (χ4v) is 3.98. The first-order valence-electron chi connectivity index (χ1n) is 7.98. The third kappa shape index (κ3) is 4.98. The molecule has 2 heteroatoms. The minimum Gasteiger partial charge on any atom is -0.314 e. The van der Waals surface area contributed by atoms with Crippen molar-refractivity contribution in [3.05, 3.63) is 56.8 Å². The monoisotopic (exact) mass is 301 g/mol. The van der Waals surface area contributed by atoms with Gasteiger partial charge in [-0.05, 0) is 57.4 Å². The third-order valence-electron chi connectivity index (χ3n) is 3.77. The number of hydrogen-bond acceptors (Lipinski definition) is 2. The van der Waals surface area contributed by atoms with Crippen molar-refractivity contribution in [2.75, 3.05) is 6.54 Å². The van der Waals surface area contributed by atoms with Gasteiger partial charge >= 0.3 is 0 Å². The molecule has 0 saturated carbocycles. The first kappa shape index (κ1) is 16.3. The lowest BCUT2D eigenvalue weighted by Crippen LogP contribution is -2.32. The molecule has 1 N–H and O–H groups in total. The predicted molar refractivity (Wildman–Crippen MR) is 94.5 cm³/mol. The summed E-state index contributed by atoms with van der Waals surface area (Å²) in [5, 5.41) is 3.65. The Morgan fingerprint density at radius 1 is 0.952 bits per heavy atom. The van der Waals surface area contributed by atoms with Gasteiger partial charge in [0.2, 0.25) is 0 Å². The second kappa shape index (κ2) is 7.77. The molecule has 2 aromatic rings. The van der Waals surface area contributed by atoms with E-state index in [-0.39, 0.29) is 0 Å². The summed E-state index contributed by atoms with van der Waals surface area (Å²) in [6.45, 7) is 9.83. The molecule has 21 heavy (non-hydrogen) atoms. The molecule has 1 aromatic heterocycles.